The number of anilines is 1. The molecule has 1 N–H and O–H groups in total. The topological polar surface area (TPSA) is 96.0 Å². The van der Waals surface area contributed by atoms with Crippen molar-refractivity contribution in [3.63, 3.8) is 0 Å². The molecule has 0 bridgehead atoms. The van der Waals surface area contributed by atoms with Crippen LogP contribution >= 0.6 is 0 Å². The Kier molecular flexibility index (Phi) is 6.84. The van der Waals surface area contributed by atoms with E-state index in [0.717, 1.165) is 4.90 Å². The summed E-state index contributed by atoms with van der Waals surface area (Å²) in [5.74, 6) is -1.45. The smallest absolute Gasteiger partial charge is 0.264 e. The predicted molar refractivity (Wildman–Crippen MR) is 100 cm³/mol. The van der Waals surface area contributed by atoms with Crippen LogP contribution in [0.25, 0.3) is 0 Å². The Balaban J connectivity index is 2.09. The molecule has 0 atom stereocenters. The van der Waals surface area contributed by atoms with Crippen LogP contribution < -0.4 is 5.32 Å². The van der Waals surface area contributed by atoms with E-state index in [9.17, 15) is 22.4 Å². The van der Waals surface area contributed by atoms with Gasteiger partial charge in [-0.3, -0.25) is 14.4 Å². The monoisotopic (exact) mass is 409 g/mol. The van der Waals surface area contributed by atoms with Gasteiger partial charge in [0.15, 0.2) is 0 Å². The van der Waals surface area contributed by atoms with Gasteiger partial charge < -0.3 is 10.2 Å². The summed E-state index contributed by atoms with van der Waals surface area (Å²) >= 11 is 0. The van der Waals surface area contributed by atoms with Gasteiger partial charge in [0, 0.05) is 25.3 Å². The first-order valence-corrected chi connectivity index (χ1v) is 9.53. The highest BCUT2D eigenvalue weighted by Crippen LogP contribution is 2.17. The number of carbonyl (C=O) groups excluding carboxylic acids is 2. The largest absolute Gasteiger partial charge is 0.332 e. The van der Waals surface area contributed by atoms with Gasteiger partial charge in [0.1, 0.15) is 5.82 Å². The third kappa shape index (κ3) is 5.12. The first-order chi connectivity index (χ1) is 13.1. The molecular weight excluding hydrogens is 389 g/mol. The molecule has 2 rings (SSSR count). The molecule has 0 fully saturated rings. The molecule has 10 heteroatoms. The summed E-state index contributed by atoms with van der Waals surface area (Å²) in [6.07, 6.45) is 0. The maximum atomic E-state index is 12.9. The molecular formula is C18H20FN3O5S. The number of sulfonamides is 1. The second kappa shape index (κ2) is 8.91. The van der Waals surface area contributed by atoms with Gasteiger partial charge in [0.05, 0.1) is 18.6 Å². The van der Waals surface area contributed by atoms with Crippen molar-refractivity contribution in [3.05, 3.63) is 59.9 Å². The van der Waals surface area contributed by atoms with Crippen LogP contribution in [0.2, 0.25) is 0 Å². The van der Waals surface area contributed by atoms with E-state index in [1.165, 1.54) is 69.7 Å². The van der Waals surface area contributed by atoms with Crippen LogP contribution in [0.3, 0.4) is 0 Å². The fourth-order valence-corrected chi connectivity index (χ4v) is 3.30. The minimum atomic E-state index is -3.91. The van der Waals surface area contributed by atoms with Crippen LogP contribution in [0.4, 0.5) is 10.1 Å². The third-order valence-corrected chi connectivity index (χ3v) is 5.51. The summed E-state index contributed by atoms with van der Waals surface area (Å²) in [4.78, 5) is 30.4. The SMILES string of the molecule is CON(C)S(=O)(=O)c1cccc(C(=O)N(C)CC(=O)Nc2ccc(F)cc2)c1. The van der Waals surface area contributed by atoms with Gasteiger partial charge >= 0.3 is 0 Å². The van der Waals surface area contributed by atoms with E-state index >= 15 is 0 Å². The second-order valence-corrected chi connectivity index (χ2v) is 7.78. The van der Waals surface area contributed by atoms with Crippen LogP contribution in [0, 0.1) is 5.82 Å². The molecule has 0 aliphatic heterocycles. The Hall–Kier alpha value is -2.82. The number of nitrogens with zero attached hydrogens (tertiary/aromatic N) is 2. The summed E-state index contributed by atoms with van der Waals surface area (Å²) in [6, 6.07) is 10.6. The number of hydrogen-bond donors (Lipinski definition) is 1. The van der Waals surface area contributed by atoms with Crippen molar-refractivity contribution >= 4 is 27.5 Å². The molecule has 2 aromatic carbocycles. The van der Waals surface area contributed by atoms with E-state index in [4.69, 9.17) is 4.84 Å². The van der Waals surface area contributed by atoms with E-state index in [-0.39, 0.29) is 17.0 Å². The van der Waals surface area contributed by atoms with Gasteiger partial charge in [-0.05, 0) is 42.5 Å². The van der Waals surface area contributed by atoms with Crippen molar-refractivity contribution in [2.75, 3.05) is 33.1 Å². The lowest BCUT2D eigenvalue weighted by Gasteiger charge is -2.18. The first kappa shape index (κ1) is 21.5. The quantitative estimate of drug-likeness (QED) is 0.703. The molecule has 150 valence electrons. The fourth-order valence-electron chi connectivity index (χ4n) is 2.28. The Bertz CT molecular complexity index is 963. The lowest BCUT2D eigenvalue weighted by molar-refractivity contribution is -0.116. The summed E-state index contributed by atoms with van der Waals surface area (Å²) in [6.45, 7) is -0.273. The average molecular weight is 409 g/mol. The minimum absolute atomic E-state index is 0.0997. The molecule has 8 nitrogen and oxygen atoms in total. The summed E-state index contributed by atoms with van der Waals surface area (Å²) in [7, 11) is -0.0556. The Morgan fingerprint density at radius 2 is 1.75 bits per heavy atom. The number of benzene rings is 2. The molecule has 2 aromatic rings. The highest BCUT2D eigenvalue weighted by molar-refractivity contribution is 7.89. The molecule has 0 radical (unpaired) electrons. The van der Waals surface area contributed by atoms with Crippen molar-refractivity contribution in [2.24, 2.45) is 0 Å². The number of likely N-dealkylation sites (N-methyl/N-ethyl adjacent to an activating group) is 1. The van der Waals surface area contributed by atoms with Crippen molar-refractivity contribution in [1.82, 2.24) is 9.37 Å². The van der Waals surface area contributed by atoms with Gasteiger partial charge in [-0.15, -0.1) is 0 Å². The summed E-state index contributed by atoms with van der Waals surface area (Å²) in [5.41, 5.74) is 0.491. The van der Waals surface area contributed by atoms with E-state index in [2.05, 4.69) is 5.32 Å². The zero-order valence-electron chi connectivity index (χ0n) is 15.5. The normalized spacial score (nSPS) is 11.3. The first-order valence-electron chi connectivity index (χ1n) is 8.09. The number of hydrogen-bond acceptors (Lipinski definition) is 5. The van der Waals surface area contributed by atoms with Crippen molar-refractivity contribution in [1.29, 1.82) is 0 Å². The molecule has 0 unspecified atom stereocenters. The molecule has 0 spiro atoms. The van der Waals surface area contributed by atoms with Gasteiger partial charge in [0.2, 0.25) is 5.91 Å². The maximum Gasteiger partial charge on any atom is 0.264 e. The Morgan fingerprint density at radius 3 is 2.36 bits per heavy atom. The molecule has 0 aromatic heterocycles. The van der Waals surface area contributed by atoms with E-state index in [0.29, 0.717) is 10.2 Å². The van der Waals surface area contributed by atoms with Gasteiger partial charge in [-0.2, -0.15) is 0 Å². The molecule has 0 saturated heterocycles. The Labute approximate surface area is 162 Å². The number of carbonyl (C=O) groups is 2. The average Bonchev–Trinajstić information content (AvgIpc) is 2.68. The van der Waals surface area contributed by atoms with E-state index in [1.54, 1.807) is 0 Å². The highest BCUT2D eigenvalue weighted by Gasteiger charge is 2.23. The van der Waals surface area contributed by atoms with Crippen LogP contribution in [0.5, 0.6) is 0 Å². The van der Waals surface area contributed by atoms with Crippen LogP contribution in [0.15, 0.2) is 53.4 Å². The van der Waals surface area contributed by atoms with E-state index < -0.39 is 27.7 Å². The fraction of sp³-hybridized carbons (Fsp3) is 0.222. The summed E-state index contributed by atoms with van der Waals surface area (Å²) < 4.78 is 38.2. The standard InChI is InChI=1S/C18H20FN3O5S/c1-21(12-17(23)20-15-9-7-14(19)8-10-15)18(24)13-5-4-6-16(11-13)28(25,26)22(2)27-3/h4-11H,12H2,1-3H3,(H,20,23). The minimum Gasteiger partial charge on any atom is -0.332 e. The number of nitrogens with one attached hydrogen (secondary N) is 1. The number of hydroxylamine groups is 1. The molecule has 2 amide bonds. The summed E-state index contributed by atoms with van der Waals surface area (Å²) in [5, 5.41) is 2.55. The molecule has 0 saturated carbocycles. The number of rotatable bonds is 7. The van der Waals surface area contributed by atoms with Crippen LogP contribution in [0.1, 0.15) is 10.4 Å². The van der Waals surface area contributed by atoms with Crippen molar-refractivity contribution < 1.29 is 27.2 Å². The van der Waals surface area contributed by atoms with Crippen molar-refractivity contribution in [2.45, 2.75) is 4.90 Å². The molecule has 0 aliphatic rings. The molecule has 0 aliphatic carbocycles. The van der Waals surface area contributed by atoms with Crippen LogP contribution in [-0.4, -0.2) is 57.4 Å². The third-order valence-electron chi connectivity index (χ3n) is 3.83. The number of halogens is 1. The van der Waals surface area contributed by atoms with Gasteiger partial charge in [0.25, 0.3) is 15.9 Å². The molecule has 28 heavy (non-hydrogen) atoms. The van der Waals surface area contributed by atoms with E-state index in [1.807, 2.05) is 0 Å². The molecule has 0 heterocycles. The lowest BCUT2D eigenvalue weighted by Crippen LogP contribution is -2.35. The number of amides is 2. The maximum absolute atomic E-state index is 12.9. The van der Waals surface area contributed by atoms with Crippen LogP contribution in [-0.2, 0) is 19.7 Å². The van der Waals surface area contributed by atoms with Gasteiger partial charge in [-0.1, -0.05) is 10.5 Å². The van der Waals surface area contributed by atoms with Crippen molar-refractivity contribution in [3.8, 4) is 0 Å². The lowest BCUT2D eigenvalue weighted by atomic mass is 10.2. The zero-order valence-corrected chi connectivity index (χ0v) is 16.4. The highest BCUT2D eigenvalue weighted by atomic mass is 32.2. The van der Waals surface area contributed by atoms with Gasteiger partial charge in [-0.25, -0.2) is 12.8 Å². The zero-order chi connectivity index (χ0) is 20.9. The Morgan fingerprint density at radius 1 is 1.11 bits per heavy atom. The predicted octanol–water partition coefficient (Wildman–Crippen LogP) is 1.72. The second-order valence-electron chi connectivity index (χ2n) is 5.84.